The maximum absolute atomic E-state index is 12.9. The normalized spacial score (nSPS) is 11.9. The Balaban J connectivity index is 3.21. The highest BCUT2D eigenvalue weighted by molar-refractivity contribution is 5.36. The Bertz CT molecular complexity index is 385. The summed E-state index contributed by atoms with van der Waals surface area (Å²) >= 11 is 0. The van der Waals surface area contributed by atoms with E-state index < -0.39 is 28.7 Å². The first-order valence-corrected chi connectivity index (χ1v) is 4.36. The van der Waals surface area contributed by atoms with Crippen molar-refractivity contribution in [1.29, 1.82) is 0 Å². The minimum Gasteiger partial charge on any atom is -0.505 e. The van der Waals surface area contributed by atoms with Crippen molar-refractivity contribution in [3.05, 3.63) is 29.1 Å². The largest absolute Gasteiger partial charge is 0.505 e. The summed E-state index contributed by atoms with van der Waals surface area (Å²) in [5.74, 6) is -5.46. The van der Waals surface area contributed by atoms with E-state index in [-0.39, 0.29) is 12.0 Å². The van der Waals surface area contributed by atoms with E-state index in [0.717, 1.165) is 6.07 Å². The molecule has 2 nitrogen and oxygen atoms in total. The highest BCUT2D eigenvalue weighted by Gasteiger charge is 2.21. The van der Waals surface area contributed by atoms with Gasteiger partial charge >= 0.3 is 0 Å². The van der Waals surface area contributed by atoms with E-state index in [4.69, 9.17) is 5.73 Å². The monoisotopic (exact) mass is 219 g/mol. The zero-order valence-corrected chi connectivity index (χ0v) is 8.44. The van der Waals surface area contributed by atoms with Crippen molar-refractivity contribution >= 4 is 0 Å². The maximum Gasteiger partial charge on any atom is 0.203 e. The number of halogens is 3. The van der Waals surface area contributed by atoms with Crippen molar-refractivity contribution in [2.75, 3.05) is 0 Å². The molecule has 0 saturated carbocycles. The van der Waals surface area contributed by atoms with Crippen LogP contribution < -0.4 is 5.73 Å². The second kappa shape index (κ2) is 3.73. The molecular formula is C10H12F3NO. The Kier molecular flexibility index (Phi) is 2.95. The lowest BCUT2D eigenvalue weighted by Crippen LogP contribution is -2.34. The number of benzene rings is 1. The van der Waals surface area contributed by atoms with Crippen molar-refractivity contribution < 1.29 is 18.3 Å². The molecule has 0 spiro atoms. The second-order valence-corrected chi connectivity index (χ2v) is 4.16. The van der Waals surface area contributed by atoms with E-state index in [1.54, 1.807) is 13.8 Å². The van der Waals surface area contributed by atoms with Crippen molar-refractivity contribution in [2.45, 2.75) is 25.8 Å². The summed E-state index contributed by atoms with van der Waals surface area (Å²) in [6, 6.07) is 0.752. The molecule has 0 fully saturated rings. The molecule has 0 aliphatic rings. The van der Waals surface area contributed by atoms with Crippen LogP contribution in [0.25, 0.3) is 0 Å². The van der Waals surface area contributed by atoms with Gasteiger partial charge in [0.2, 0.25) is 5.82 Å². The second-order valence-electron chi connectivity index (χ2n) is 4.16. The molecule has 0 unspecified atom stereocenters. The van der Waals surface area contributed by atoms with Crippen LogP contribution in [-0.2, 0) is 6.42 Å². The minimum absolute atomic E-state index is 0.0427. The van der Waals surface area contributed by atoms with Crippen molar-refractivity contribution in [2.24, 2.45) is 5.73 Å². The third-order valence-electron chi connectivity index (χ3n) is 1.86. The fourth-order valence-corrected chi connectivity index (χ4v) is 1.26. The lowest BCUT2D eigenvalue weighted by Gasteiger charge is -2.19. The number of aromatic hydroxyl groups is 1. The molecule has 1 rings (SSSR count). The van der Waals surface area contributed by atoms with Crippen LogP contribution in [0.2, 0.25) is 0 Å². The molecule has 0 atom stereocenters. The molecule has 0 radical (unpaired) electrons. The van der Waals surface area contributed by atoms with Crippen LogP contribution in [0.4, 0.5) is 13.2 Å². The molecule has 0 heterocycles. The quantitative estimate of drug-likeness (QED) is 0.748. The molecule has 1 aromatic carbocycles. The van der Waals surface area contributed by atoms with E-state index in [0.29, 0.717) is 0 Å². The molecule has 0 aliphatic heterocycles. The fourth-order valence-electron chi connectivity index (χ4n) is 1.26. The van der Waals surface area contributed by atoms with Crippen molar-refractivity contribution in [3.8, 4) is 5.75 Å². The molecule has 0 bridgehead atoms. The number of hydrogen-bond acceptors (Lipinski definition) is 2. The Morgan fingerprint density at radius 1 is 1.27 bits per heavy atom. The molecule has 3 N–H and O–H groups in total. The van der Waals surface area contributed by atoms with Gasteiger partial charge in [0.25, 0.3) is 0 Å². The SMILES string of the molecule is CC(C)(N)Cc1cc(F)c(F)c(F)c1O. The summed E-state index contributed by atoms with van der Waals surface area (Å²) < 4.78 is 38.4. The summed E-state index contributed by atoms with van der Waals surface area (Å²) in [4.78, 5) is 0. The van der Waals surface area contributed by atoms with Crippen LogP contribution >= 0.6 is 0 Å². The number of phenolic OH excluding ortho intramolecular Hbond substituents is 1. The third-order valence-corrected chi connectivity index (χ3v) is 1.86. The van der Waals surface area contributed by atoms with E-state index >= 15 is 0 Å². The zero-order chi connectivity index (χ0) is 11.8. The Hall–Kier alpha value is -1.23. The Labute approximate surface area is 85.5 Å². The van der Waals surface area contributed by atoms with Gasteiger partial charge in [0.15, 0.2) is 17.4 Å². The average molecular weight is 219 g/mol. The molecule has 1 aromatic rings. The number of hydrogen-bond donors (Lipinski definition) is 2. The summed E-state index contributed by atoms with van der Waals surface area (Å²) in [6.07, 6.45) is 0.0486. The topological polar surface area (TPSA) is 46.2 Å². The summed E-state index contributed by atoms with van der Waals surface area (Å²) in [7, 11) is 0. The zero-order valence-electron chi connectivity index (χ0n) is 8.44. The van der Waals surface area contributed by atoms with Gasteiger partial charge in [-0.3, -0.25) is 0 Å². The Morgan fingerprint density at radius 3 is 2.27 bits per heavy atom. The first-order valence-electron chi connectivity index (χ1n) is 4.36. The van der Waals surface area contributed by atoms with Crippen LogP contribution in [0.3, 0.4) is 0 Å². The average Bonchev–Trinajstić information content (AvgIpc) is 2.08. The highest BCUT2D eigenvalue weighted by Crippen LogP contribution is 2.28. The van der Waals surface area contributed by atoms with Gasteiger partial charge in [0, 0.05) is 11.1 Å². The van der Waals surface area contributed by atoms with Gasteiger partial charge in [-0.2, -0.15) is 4.39 Å². The first-order chi connectivity index (χ1) is 6.72. The van der Waals surface area contributed by atoms with Crippen LogP contribution in [0.5, 0.6) is 5.75 Å². The van der Waals surface area contributed by atoms with Crippen LogP contribution in [0, 0.1) is 17.5 Å². The van der Waals surface area contributed by atoms with Crippen molar-refractivity contribution in [3.63, 3.8) is 0 Å². The van der Waals surface area contributed by atoms with Gasteiger partial charge in [0.1, 0.15) is 0 Å². The molecule has 84 valence electrons. The first kappa shape index (κ1) is 11.8. The van der Waals surface area contributed by atoms with E-state index in [1.807, 2.05) is 0 Å². The van der Waals surface area contributed by atoms with Crippen LogP contribution in [0.15, 0.2) is 6.07 Å². The van der Waals surface area contributed by atoms with Crippen LogP contribution in [0.1, 0.15) is 19.4 Å². The predicted octanol–water partition coefficient (Wildman–Crippen LogP) is 2.09. The van der Waals surface area contributed by atoms with Crippen LogP contribution in [-0.4, -0.2) is 10.6 Å². The summed E-state index contributed by atoms with van der Waals surface area (Å²) in [5, 5.41) is 9.23. The van der Waals surface area contributed by atoms with E-state index in [1.165, 1.54) is 0 Å². The molecule has 0 aromatic heterocycles. The smallest absolute Gasteiger partial charge is 0.203 e. The molecule has 0 amide bonds. The molecule has 0 aliphatic carbocycles. The lowest BCUT2D eigenvalue weighted by molar-refractivity contribution is 0.375. The van der Waals surface area contributed by atoms with Gasteiger partial charge in [-0.15, -0.1) is 0 Å². The predicted molar refractivity (Wildman–Crippen MR) is 50.0 cm³/mol. The Morgan fingerprint density at radius 2 is 1.80 bits per heavy atom. The number of phenols is 1. The van der Waals surface area contributed by atoms with Gasteiger partial charge < -0.3 is 10.8 Å². The standard InChI is InChI=1S/C10H12F3NO/c1-10(2,14)4-5-3-6(11)7(12)8(13)9(5)15/h3,15H,4,14H2,1-2H3. The van der Waals surface area contributed by atoms with Gasteiger partial charge in [-0.25, -0.2) is 8.78 Å². The van der Waals surface area contributed by atoms with E-state index in [9.17, 15) is 18.3 Å². The third kappa shape index (κ3) is 2.62. The van der Waals surface area contributed by atoms with Gasteiger partial charge in [-0.05, 0) is 26.3 Å². The minimum atomic E-state index is -1.67. The van der Waals surface area contributed by atoms with E-state index in [2.05, 4.69) is 0 Å². The van der Waals surface area contributed by atoms with Gasteiger partial charge in [-0.1, -0.05) is 0 Å². The van der Waals surface area contributed by atoms with Gasteiger partial charge in [0.05, 0.1) is 0 Å². The fraction of sp³-hybridized carbons (Fsp3) is 0.400. The highest BCUT2D eigenvalue weighted by atomic mass is 19.2. The number of nitrogens with two attached hydrogens (primary N) is 1. The molecular weight excluding hydrogens is 207 g/mol. The number of rotatable bonds is 2. The summed E-state index contributed by atoms with van der Waals surface area (Å²) in [6.45, 7) is 3.26. The molecule has 0 saturated heterocycles. The molecule has 15 heavy (non-hydrogen) atoms. The summed E-state index contributed by atoms with van der Waals surface area (Å²) in [5.41, 5.74) is 4.84. The maximum atomic E-state index is 12.9. The van der Waals surface area contributed by atoms with Crippen molar-refractivity contribution in [1.82, 2.24) is 0 Å². The molecule has 5 heteroatoms. The lowest BCUT2D eigenvalue weighted by atomic mass is 9.95.